The predicted octanol–water partition coefficient (Wildman–Crippen LogP) is 4.22. The van der Waals surface area contributed by atoms with Gasteiger partial charge in [-0.15, -0.1) is 0 Å². The number of hydrogen-bond donors (Lipinski definition) is 0. The maximum atomic E-state index is 12.1. The Morgan fingerprint density at radius 2 is 2.00 bits per heavy atom. The van der Waals surface area contributed by atoms with E-state index in [0.717, 1.165) is 6.42 Å². The van der Waals surface area contributed by atoms with Crippen LogP contribution in [0.3, 0.4) is 0 Å². The Morgan fingerprint density at radius 3 is 2.53 bits per heavy atom. The van der Waals surface area contributed by atoms with Gasteiger partial charge in [-0.05, 0) is 30.0 Å². The third kappa shape index (κ3) is 2.04. The summed E-state index contributed by atoms with van der Waals surface area (Å²) in [5.41, 5.74) is 0.683. The van der Waals surface area contributed by atoms with Crippen LogP contribution >= 0.6 is 23.2 Å². The van der Waals surface area contributed by atoms with E-state index in [1.54, 1.807) is 18.2 Å². The van der Waals surface area contributed by atoms with Crippen molar-refractivity contribution in [3.05, 3.63) is 33.8 Å². The highest BCUT2D eigenvalue weighted by molar-refractivity contribution is 6.36. The van der Waals surface area contributed by atoms with Crippen LogP contribution in [0.5, 0.6) is 0 Å². The zero-order valence-corrected chi connectivity index (χ0v) is 10.2. The molecule has 0 spiro atoms. The number of ketones is 1. The summed E-state index contributed by atoms with van der Waals surface area (Å²) in [5, 5.41) is 1.05. The van der Waals surface area contributed by atoms with E-state index in [1.807, 2.05) is 0 Å². The highest BCUT2D eigenvalue weighted by atomic mass is 35.5. The maximum Gasteiger partial charge on any atom is 0.168 e. The Bertz CT molecular complexity index is 424. The molecule has 1 unspecified atom stereocenters. The minimum Gasteiger partial charge on any atom is -0.294 e. The van der Waals surface area contributed by atoms with Gasteiger partial charge in [0.15, 0.2) is 5.78 Å². The molecule has 0 heterocycles. The molecule has 1 aromatic carbocycles. The second kappa shape index (κ2) is 3.50. The largest absolute Gasteiger partial charge is 0.294 e. The number of benzene rings is 1. The maximum absolute atomic E-state index is 12.1. The first-order valence-corrected chi connectivity index (χ1v) is 5.67. The average molecular weight is 243 g/mol. The molecule has 1 aliphatic carbocycles. The Labute approximate surface area is 99.4 Å². The lowest BCUT2D eigenvalue weighted by molar-refractivity contribution is 0.0953. The normalized spacial score (nSPS) is 22.5. The lowest BCUT2D eigenvalue weighted by atomic mass is 10.0. The van der Waals surface area contributed by atoms with E-state index in [0.29, 0.717) is 15.6 Å². The molecule has 3 heteroatoms. The third-order valence-electron chi connectivity index (χ3n) is 3.02. The van der Waals surface area contributed by atoms with Gasteiger partial charge < -0.3 is 0 Å². The summed E-state index contributed by atoms with van der Waals surface area (Å²) in [5.74, 6) is 0.223. The zero-order valence-electron chi connectivity index (χ0n) is 8.68. The molecule has 1 aromatic rings. The predicted molar refractivity (Wildman–Crippen MR) is 62.7 cm³/mol. The highest BCUT2D eigenvalue weighted by Crippen LogP contribution is 2.53. The molecule has 1 nitrogen and oxygen atoms in total. The van der Waals surface area contributed by atoms with E-state index in [1.165, 1.54) is 0 Å². The van der Waals surface area contributed by atoms with E-state index in [4.69, 9.17) is 23.2 Å². The SMILES string of the molecule is CC1(C)CC1C(=O)c1cc(Cl)ccc1Cl. The van der Waals surface area contributed by atoms with Gasteiger partial charge in [-0.25, -0.2) is 0 Å². The summed E-state index contributed by atoms with van der Waals surface area (Å²) in [6.45, 7) is 4.18. The van der Waals surface area contributed by atoms with Gasteiger partial charge in [-0.1, -0.05) is 37.0 Å². The second-order valence-corrected chi connectivity index (χ2v) is 5.58. The zero-order chi connectivity index (χ0) is 11.2. The molecule has 1 fully saturated rings. The van der Waals surface area contributed by atoms with Gasteiger partial charge in [0, 0.05) is 16.5 Å². The van der Waals surface area contributed by atoms with Crippen LogP contribution in [0.2, 0.25) is 10.0 Å². The summed E-state index contributed by atoms with van der Waals surface area (Å²) in [6.07, 6.45) is 0.939. The molecule has 0 N–H and O–H groups in total. The van der Waals surface area contributed by atoms with Gasteiger partial charge in [-0.2, -0.15) is 0 Å². The highest BCUT2D eigenvalue weighted by Gasteiger charge is 2.50. The van der Waals surface area contributed by atoms with Crippen LogP contribution < -0.4 is 0 Å². The molecule has 2 rings (SSSR count). The van der Waals surface area contributed by atoms with Gasteiger partial charge in [-0.3, -0.25) is 4.79 Å². The first-order chi connectivity index (χ1) is 6.92. The Balaban J connectivity index is 2.30. The van der Waals surface area contributed by atoms with Gasteiger partial charge in [0.05, 0.1) is 5.02 Å². The molecule has 1 aliphatic rings. The van der Waals surface area contributed by atoms with Crippen LogP contribution in [0.25, 0.3) is 0 Å². The van der Waals surface area contributed by atoms with Crippen LogP contribution in [-0.4, -0.2) is 5.78 Å². The van der Waals surface area contributed by atoms with Crippen LogP contribution in [-0.2, 0) is 0 Å². The standard InChI is InChI=1S/C12H12Cl2O/c1-12(2)6-9(12)11(15)8-5-7(13)3-4-10(8)14/h3-5,9H,6H2,1-2H3. The average Bonchev–Trinajstić information content (AvgIpc) is 2.78. The molecule has 0 amide bonds. The number of Topliss-reactive ketones (excluding diaryl/α,β-unsaturated/α-hetero) is 1. The van der Waals surface area contributed by atoms with Crippen molar-refractivity contribution in [3.8, 4) is 0 Å². The van der Waals surface area contributed by atoms with Crippen LogP contribution in [0.4, 0.5) is 0 Å². The summed E-state index contributed by atoms with van der Waals surface area (Å²) < 4.78 is 0. The first-order valence-electron chi connectivity index (χ1n) is 4.91. The third-order valence-corrected chi connectivity index (χ3v) is 3.59. The topological polar surface area (TPSA) is 17.1 Å². The van der Waals surface area contributed by atoms with E-state index < -0.39 is 0 Å². The van der Waals surface area contributed by atoms with E-state index in [2.05, 4.69) is 13.8 Å². The van der Waals surface area contributed by atoms with Crippen molar-refractivity contribution >= 4 is 29.0 Å². The smallest absolute Gasteiger partial charge is 0.168 e. The first kappa shape index (κ1) is 11.0. The van der Waals surface area contributed by atoms with Crippen molar-refractivity contribution in [2.24, 2.45) is 11.3 Å². The molecule has 0 saturated heterocycles. The van der Waals surface area contributed by atoms with Crippen LogP contribution in [0, 0.1) is 11.3 Å². The van der Waals surface area contributed by atoms with Gasteiger partial charge in [0.25, 0.3) is 0 Å². The molecule has 80 valence electrons. The molecule has 0 radical (unpaired) electrons. The molecule has 0 aliphatic heterocycles. The van der Waals surface area contributed by atoms with Crippen molar-refractivity contribution < 1.29 is 4.79 Å². The fourth-order valence-electron chi connectivity index (χ4n) is 1.79. The Hall–Kier alpha value is -0.530. The van der Waals surface area contributed by atoms with Crippen molar-refractivity contribution in [3.63, 3.8) is 0 Å². The fraction of sp³-hybridized carbons (Fsp3) is 0.417. The molecule has 15 heavy (non-hydrogen) atoms. The van der Waals surface area contributed by atoms with E-state index in [-0.39, 0.29) is 17.1 Å². The fourth-order valence-corrected chi connectivity index (χ4v) is 2.17. The van der Waals surface area contributed by atoms with Crippen LogP contribution in [0.15, 0.2) is 18.2 Å². The molecule has 0 bridgehead atoms. The number of hydrogen-bond acceptors (Lipinski definition) is 1. The quantitative estimate of drug-likeness (QED) is 0.710. The van der Waals surface area contributed by atoms with Gasteiger partial charge in [0.1, 0.15) is 0 Å². The summed E-state index contributed by atoms with van der Waals surface area (Å²) >= 11 is 11.8. The minimum absolute atomic E-state index is 0.105. The van der Waals surface area contributed by atoms with Crippen molar-refractivity contribution in [1.82, 2.24) is 0 Å². The second-order valence-electron chi connectivity index (χ2n) is 4.73. The molecule has 0 aromatic heterocycles. The lowest BCUT2D eigenvalue weighted by Crippen LogP contribution is -2.07. The monoisotopic (exact) mass is 242 g/mol. The molecular weight excluding hydrogens is 231 g/mol. The van der Waals surface area contributed by atoms with E-state index in [9.17, 15) is 4.79 Å². The van der Waals surface area contributed by atoms with Crippen LogP contribution in [0.1, 0.15) is 30.6 Å². The number of carbonyl (C=O) groups is 1. The number of carbonyl (C=O) groups excluding carboxylic acids is 1. The van der Waals surface area contributed by atoms with E-state index >= 15 is 0 Å². The van der Waals surface area contributed by atoms with Crippen molar-refractivity contribution in [2.45, 2.75) is 20.3 Å². The Morgan fingerprint density at radius 1 is 1.40 bits per heavy atom. The summed E-state index contributed by atoms with van der Waals surface area (Å²) in [6, 6.07) is 5.02. The summed E-state index contributed by atoms with van der Waals surface area (Å²) in [7, 11) is 0. The van der Waals surface area contributed by atoms with Gasteiger partial charge in [0.2, 0.25) is 0 Å². The van der Waals surface area contributed by atoms with Crippen molar-refractivity contribution in [1.29, 1.82) is 0 Å². The molecular formula is C12H12Cl2O. The minimum atomic E-state index is 0.105. The summed E-state index contributed by atoms with van der Waals surface area (Å²) in [4.78, 5) is 12.1. The molecule has 1 atom stereocenters. The Kier molecular flexibility index (Phi) is 2.56. The van der Waals surface area contributed by atoms with Gasteiger partial charge >= 0.3 is 0 Å². The molecule has 1 saturated carbocycles. The number of rotatable bonds is 2. The van der Waals surface area contributed by atoms with Crippen molar-refractivity contribution in [2.75, 3.05) is 0 Å². The lowest BCUT2D eigenvalue weighted by Gasteiger charge is -2.05. The number of halogens is 2.